The lowest BCUT2D eigenvalue weighted by Crippen LogP contribution is -2.13. The molecule has 1 N–H and O–H groups in total. The van der Waals surface area contributed by atoms with Crippen LogP contribution in [0, 0.1) is 11.3 Å². The molecule has 0 spiro atoms. The van der Waals surface area contributed by atoms with Crippen LogP contribution in [-0.2, 0) is 0 Å². The largest absolute Gasteiger partial charge is 0.496 e. The van der Waals surface area contributed by atoms with Crippen molar-refractivity contribution in [3.05, 3.63) is 83.9 Å². The van der Waals surface area contributed by atoms with E-state index in [9.17, 15) is 4.79 Å². The van der Waals surface area contributed by atoms with Crippen LogP contribution in [0.1, 0.15) is 15.9 Å². The van der Waals surface area contributed by atoms with E-state index < -0.39 is 0 Å². The van der Waals surface area contributed by atoms with Gasteiger partial charge in [0.2, 0.25) is 0 Å². The fraction of sp³-hybridized carbons (Fsp3) is 0.0476. The molecule has 0 atom stereocenters. The van der Waals surface area contributed by atoms with E-state index in [1.54, 1.807) is 30.3 Å². The Hall–Kier alpha value is -3.58. The maximum Gasteiger partial charge on any atom is 0.259 e. The second-order valence-corrected chi connectivity index (χ2v) is 5.42. The van der Waals surface area contributed by atoms with Crippen LogP contribution in [0.25, 0.3) is 11.1 Å². The van der Waals surface area contributed by atoms with Crippen LogP contribution in [0.2, 0.25) is 0 Å². The number of ether oxygens (including phenoxy) is 1. The standard InChI is InChI=1S/C21H16N2O2/c1-25-20-12-9-17(16-5-3-2-4-6-16)13-19(20)21(24)23-18-10-7-15(14-22)8-11-18/h2-13H,1H3,(H,23,24). The lowest BCUT2D eigenvalue weighted by molar-refractivity contribution is 0.102. The number of benzene rings is 3. The van der Waals surface area contributed by atoms with Crippen molar-refractivity contribution in [2.24, 2.45) is 0 Å². The van der Waals surface area contributed by atoms with Gasteiger partial charge in [0.15, 0.2) is 0 Å². The maximum atomic E-state index is 12.7. The predicted octanol–water partition coefficient (Wildman–Crippen LogP) is 4.49. The van der Waals surface area contributed by atoms with E-state index in [1.807, 2.05) is 42.5 Å². The number of carbonyl (C=O) groups is 1. The Bertz CT molecular complexity index is 926. The molecule has 0 fully saturated rings. The minimum absolute atomic E-state index is 0.265. The molecule has 0 aliphatic carbocycles. The number of carbonyl (C=O) groups excluding carboxylic acids is 1. The molecule has 0 saturated carbocycles. The van der Waals surface area contributed by atoms with Crippen LogP contribution >= 0.6 is 0 Å². The molecular weight excluding hydrogens is 312 g/mol. The molecule has 3 rings (SSSR count). The first kappa shape index (κ1) is 16.3. The predicted molar refractivity (Wildman–Crippen MR) is 97.5 cm³/mol. The summed E-state index contributed by atoms with van der Waals surface area (Å²) < 4.78 is 5.33. The number of hydrogen-bond donors (Lipinski definition) is 1. The monoisotopic (exact) mass is 328 g/mol. The van der Waals surface area contributed by atoms with Gasteiger partial charge < -0.3 is 10.1 Å². The zero-order chi connectivity index (χ0) is 17.6. The Labute approximate surface area is 146 Å². The van der Waals surface area contributed by atoms with E-state index in [4.69, 9.17) is 10.00 Å². The van der Waals surface area contributed by atoms with E-state index in [2.05, 4.69) is 11.4 Å². The topological polar surface area (TPSA) is 62.1 Å². The van der Waals surface area contributed by atoms with Gasteiger partial charge in [-0.3, -0.25) is 4.79 Å². The average molecular weight is 328 g/mol. The zero-order valence-corrected chi connectivity index (χ0v) is 13.7. The Morgan fingerprint density at radius 1 is 0.960 bits per heavy atom. The van der Waals surface area contributed by atoms with Crippen molar-refractivity contribution in [3.8, 4) is 22.9 Å². The van der Waals surface area contributed by atoms with Crippen LogP contribution in [0.5, 0.6) is 5.75 Å². The van der Waals surface area contributed by atoms with Crippen molar-refractivity contribution in [1.29, 1.82) is 5.26 Å². The van der Waals surface area contributed by atoms with E-state index in [-0.39, 0.29) is 5.91 Å². The highest BCUT2D eigenvalue weighted by Crippen LogP contribution is 2.27. The molecule has 0 bridgehead atoms. The fourth-order valence-corrected chi connectivity index (χ4v) is 2.52. The van der Waals surface area contributed by atoms with E-state index in [0.29, 0.717) is 22.6 Å². The third kappa shape index (κ3) is 3.67. The number of anilines is 1. The van der Waals surface area contributed by atoms with Crippen molar-refractivity contribution >= 4 is 11.6 Å². The molecule has 0 radical (unpaired) electrons. The fourth-order valence-electron chi connectivity index (χ4n) is 2.52. The van der Waals surface area contributed by atoms with Crippen molar-refractivity contribution in [2.75, 3.05) is 12.4 Å². The Morgan fingerprint density at radius 3 is 2.32 bits per heavy atom. The van der Waals surface area contributed by atoms with Crippen molar-refractivity contribution in [3.63, 3.8) is 0 Å². The lowest BCUT2D eigenvalue weighted by atomic mass is 10.0. The highest BCUT2D eigenvalue weighted by molar-refractivity contribution is 6.07. The Morgan fingerprint density at radius 2 is 1.68 bits per heavy atom. The van der Waals surface area contributed by atoms with Gasteiger partial charge in [0, 0.05) is 5.69 Å². The summed E-state index contributed by atoms with van der Waals surface area (Å²) in [5.41, 5.74) is 3.58. The molecule has 0 aliphatic rings. The van der Waals surface area contributed by atoms with Crippen molar-refractivity contribution in [1.82, 2.24) is 0 Å². The molecule has 4 heteroatoms. The lowest BCUT2D eigenvalue weighted by Gasteiger charge is -2.11. The van der Waals surface area contributed by atoms with Crippen LogP contribution in [0.4, 0.5) is 5.69 Å². The smallest absolute Gasteiger partial charge is 0.259 e. The number of nitrogens with one attached hydrogen (secondary N) is 1. The molecule has 0 aliphatic heterocycles. The summed E-state index contributed by atoms with van der Waals surface area (Å²) in [7, 11) is 1.54. The minimum Gasteiger partial charge on any atom is -0.496 e. The summed E-state index contributed by atoms with van der Waals surface area (Å²) in [5.74, 6) is 0.241. The molecule has 4 nitrogen and oxygen atoms in total. The van der Waals surface area contributed by atoms with Gasteiger partial charge in [0.25, 0.3) is 5.91 Å². The molecule has 3 aromatic rings. The third-order valence-corrected chi connectivity index (χ3v) is 3.82. The molecule has 0 unspecified atom stereocenters. The summed E-state index contributed by atoms with van der Waals surface area (Å²) in [5, 5.41) is 11.7. The molecule has 122 valence electrons. The van der Waals surface area contributed by atoms with Crippen LogP contribution in [0.15, 0.2) is 72.8 Å². The van der Waals surface area contributed by atoms with Gasteiger partial charge >= 0.3 is 0 Å². The molecule has 0 saturated heterocycles. The number of amides is 1. The van der Waals surface area contributed by atoms with E-state index in [0.717, 1.165) is 11.1 Å². The Kier molecular flexibility index (Phi) is 4.77. The normalized spacial score (nSPS) is 9.92. The molecular formula is C21H16N2O2. The van der Waals surface area contributed by atoms with Crippen LogP contribution < -0.4 is 10.1 Å². The first-order valence-electron chi connectivity index (χ1n) is 7.76. The third-order valence-electron chi connectivity index (χ3n) is 3.82. The van der Waals surface area contributed by atoms with Gasteiger partial charge in [-0.05, 0) is 47.5 Å². The maximum absolute atomic E-state index is 12.7. The second kappa shape index (κ2) is 7.33. The summed E-state index contributed by atoms with van der Waals surface area (Å²) in [6, 6.07) is 24.1. The first-order valence-corrected chi connectivity index (χ1v) is 7.76. The number of rotatable bonds is 4. The van der Waals surface area contributed by atoms with Crippen molar-refractivity contribution < 1.29 is 9.53 Å². The quantitative estimate of drug-likeness (QED) is 0.768. The van der Waals surface area contributed by atoms with E-state index >= 15 is 0 Å². The summed E-state index contributed by atoms with van der Waals surface area (Å²) in [6.07, 6.45) is 0. The zero-order valence-electron chi connectivity index (χ0n) is 13.7. The molecule has 3 aromatic carbocycles. The number of nitriles is 1. The van der Waals surface area contributed by atoms with Gasteiger partial charge in [-0.15, -0.1) is 0 Å². The van der Waals surface area contributed by atoms with Gasteiger partial charge in [0.05, 0.1) is 24.3 Å². The molecule has 0 aromatic heterocycles. The average Bonchev–Trinajstić information content (AvgIpc) is 2.68. The Balaban J connectivity index is 1.91. The minimum atomic E-state index is -0.265. The number of nitrogens with zero attached hydrogens (tertiary/aromatic N) is 1. The number of methoxy groups -OCH3 is 1. The number of hydrogen-bond acceptors (Lipinski definition) is 3. The highest BCUT2D eigenvalue weighted by Gasteiger charge is 2.14. The summed E-state index contributed by atoms with van der Waals surface area (Å²) in [6.45, 7) is 0. The highest BCUT2D eigenvalue weighted by atomic mass is 16.5. The molecule has 1 amide bonds. The van der Waals surface area contributed by atoms with Gasteiger partial charge in [0.1, 0.15) is 5.75 Å². The van der Waals surface area contributed by atoms with Crippen molar-refractivity contribution in [2.45, 2.75) is 0 Å². The SMILES string of the molecule is COc1ccc(-c2ccccc2)cc1C(=O)Nc1ccc(C#N)cc1. The van der Waals surface area contributed by atoms with Gasteiger partial charge in [-0.1, -0.05) is 36.4 Å². The van der Waals surface area contributed by atoms with Crippen LogP contribution in [0.3, 0.4) is 0 Å². The molecule has 25 heavy (non-hydrogen) atoms. The van der Waals surface area contributed by atoms with Gasteiger partial charge in [-0.2, -0.15) is 5.26 Å². The first-order chi connectivity index (χ1) is 12.2. The van der Waals surface area contributed by atoms with Crippen LogP contribution in [-0.4, -0.2) is 13.0 Å². The summed E-state index contributed by atoms with van der Waals surface area (Å²) in [4.78, 5) is 12.7. The second-order valence-electron chi connectivity index (χ2n) is 5.42. The molecule has 0 heterocycles. The summed E-state index contributed by atoms with van der Waals surface area (Å²) >= 11 is 0. The van der Waals surface area contributed by atoms with E-state index in [1.165, 1.54) is 7.11 Å². The van der Waals surface area contributed by atoms with Gasteiger partial charge in [-0.25, -0.2) is 0 Å².